The van der Waals surface area contributed by atoms with Crippen LogP contribution in [0.1, 0.15) is 44.9 Å². The number of hydrogen-bond acceptors (Lipinski definition) is 15. The van der Waals surface area contributed by atoms with Crippen LogP contribution in [0.25, 0.3) is 10.4 Å². The van der Waals surface area contributed by atoms with E-state index in [1.54, 1.807) is 11.3 Å². The summed E-state index contributed by atoms with van der Waals surface area (Å²) in [6.07, 6.45) is 0.0855. The van der Waals surface area contributed by atoms with E-state index in [1.165, 1.54) is 17.0 Å². The van der Waals surface area contributed by atoms with Crippen LogP contribution < -0.4 is 21.1 Å². The molecule has 2 aliphatic rings. The molecule has 2 fully saturated rings. The molecule has 2 aromatic carbocycles. The van der Waals surface area contributed by atoms with Crippen LogP contribution in [0.5, 0.6) is 0 Å². The van der Waals surface area contributed by atoms with Crippen molar-refractivity contribution < 1.29 is 37.5 Å². The molecule has 2 amide bonds. The summed E-state index contributed by atoms with van der Waals surface area (Å²) in [4.78, 5) is 49.4. The highest BCUT2D eigenvalue weighted by Crippen LogP contribution is 2.29. The number of nitrogens with two attached hydrogens (primary N) is 1. The van der Waals surface area contributed by atoms with Gasteiger partial charge in [-0.25, -0.2) is 18.5 Å². The molecule has 5 rings (SSSR count). The van der Waals surface area contributed by atoms with Gasteiger partial charge in [0.1, 0.15) is 11.7 Å². The number of nitrogens with one attached hydrogen (secondary N) is 3. The zero-order chi connectivity index (χ0) is 44.2. The van der Waals surface area contributed by atoms with E-state index in [0.29, 0.717) is 59.0 Å². The van der Waals surface area contributed by atoms with Crippen LogP contribution in [0.15, 0.2) is 52.9 Å². The number of anilines is 1. The van der Waals surface area contributed by atoms with Gasteiger partial charge in [-0.15, -0.1) is 11.3 Å². The molecular weight excluding hydrogens is 827 g/mol. The van der Waals surface area contributed by atoms with Crippen molar-refractivity contribution in [3.63, 3.8) is 0 Å². The molecule has 61 heavy (non-hydrogen) atoms. The number of aromatic nitrogens is 1. The first-order valence-electron chi connectivity index (χ1n) is 20.7. The van der Waals surface area contributed by atoms with Gasteiger partial charge >= 0.3 is 0 Å². The average molecular weight is 888 g/mol. The number of rotatable bonds is 22. The molecule has 0 unspecified atom stereocenters. The molecule has 0 aliphatic carbocycles. The number of piperazine rings is 1. The van der Waals surface area contributed by atoms with Crippen molar-refractivity contribution in [3.8, 4) is 10.4 Å². The molecule has 0 radical (unpaired) electrons. The first kappa shape index (κ1) is 47.9. The molecule has 6 N–H and O–H groups in total. The third-order valence-electron chi connectivity index (χ3n) is 10.8. The summed E-state index contributed by atoms with van der Waals surface area (Å²) in [5, 5.41) is 36.5. The molecular formula is C41H61N9O9S2. The monoisotopic (exact) mass is 887 g/mol. The number of sulfonamides is 1. The van der Waals surface area contributed by atoms with E-state index in [1.807, 2.05) is 57.5 Å². The minimum Gasteiger partial charge on any atom is -0.391 e. The lowest BCUT2D eigenvalue weighted by molar-refractivity contribution is -0.384. The van der Waals surface area contributed by atoms with Gasteiger partial charge in [-0.2, -0.15) is 0 Å². The highest BCUT2D eigenvalue weighted by Gasteiger charge is 2.43. The Bertz CT molecular complexity index is 2020. The zero-order valence-electron chi connectivity index (χ0n) is 35.5. The number of β-amino-alcohol motifs (C(OH)–C–C–N with tert-alkyl or cyclic N) is 1. The first-order chi connectivity index (χ1) is 29.0. The number of aryl methyl sites for hydroxylation is 1. The van der Waals surface area contributed by atoms with Crippen molar-refractivity contribution in [1.29, 1.82) is 0 Å². The number of amides is 2. The second kappa shape index (κ2) is 22.3. The Labute approximate surface area is 362 Å². The van der Waals surface area contributed by atoms with Crippen LogP contribution in [0.2, 0.25) is 0 Å². The van der Waals surface area contributed by atoms with Crippen molar-refractivity contribution in [3.05, 3.63) is 69.3 Å². The van der Waals surface area contributed by atoms with Crippen molar-refractivity contribution in [2.75, 3.05) is 90.6 Å². The lowest BCUT2D eigenvalue weighted by Gasteiger charge is -2.35. The minimum atomic E-state index is -4.05. The van der Waals surface area contributed by atoms with Gasteiger partial charge in [-0.1, -0.05) is 45.0 Å². The summed E-state index contributed by atoms with van der Waals surface area (Å²) in [7, 11) is -4.05. The van der Waals surface area contributed by atoms with Gasteiger partial charge in [0.05, 0.1) is 57.9 Å². The number of carbonyl (C=O) groups excluding carboxylic acids is 2. The molecule has 18 nitrogen and oxygen atoms in total. The fourth-order valence-electron chi connectivity index (χ4n) is 7.41. The predicted molar refractivity (Wildman–Crippen MR) is 234 cm³/mol. The number of aliphatic hydroxyl groups excluding tert-OH is 1. The number of thiazole rings is 1. The van der Waals surface area contributed by atoms with Gasteiger partial charge < -0.3 is 35.4 Å². The van der Waals surface area contributed by atoms with E-state index in [9.17, 15) is 33.2 Å². The first-order valence-corrected chi connectivity index (χ1v) is 23.1. The largest absolute Gasteiger partial charge is 0.391 e. The molecule has 20 heteroatoms. The number of carbonyl (C=O) groups is 2. The van der Waals surface area contributed by atoms with Crippen LogP contribution >= 0.6 is 11.3 Å². The summed E-state index contributed by atoms with van der Waals surface area (Å²) < 4.78 is 34.8. The van der Waals surface area contributed by atoms with Crippen LogP contribution in [0.4, 0.5) is 11.4 Å². The number of nitro benzene ring substituents is 1. The topological polar surface area (TPSA) is 235 Å². The van der Waals surface area contributed by atoms with E-state index in [4.69, 9.17) is 14.6 Å². The molecule has 0 spiro atoms. The van der Waals surface area contributed by atoms with Gasteiger partial charge in [0.25, 0.3) is 5.69 Å². The Hall–Kier alpha value is -4.12. The summed E-state index contributed by atoms with van der Waals surface area (Å²) >= 11 is 1.59. The highest BCUT2D eigenvalue weighted by atomic mass is 32.2. The smallest absolute Gasteiger partial charge is 0.293 e. The summed E-state index contributed by atoms with van der Waals surface area (Å²) in [6.45, 7) is 16.2. The summed E-state index contributed by atoms with van der Waals surface area (Å²) in [5.41, 5.74) is 4.27. The second-order valence-corrected chi connectivity index (χ2v) is 18.9. The highest BCUT2D eigenvalue weighted by molar-refractivity contribution is 7.89. The van der Waals surface area contributed by atoms with Crippen molar-refractivity contribution in [2.45, 2.75) is 70.2 Å². The van der Waals surface area contributed by atoms with Crippen molar-refractivity contribution >= 4 is 44.5 Å². The molecule has 1 aromatic heterocycles. The van der Waals surface area contributed by atoms with Gasteiger partial charge in [0.15, 0.2) is 0 Å². The predicted octanol–water partition coefficient (Wildman–Crippen LogP) is 2.41. The summed E-state index contributed by atoms with van der Waals surface area (Å²) in [6, 6.07) is 10.2. The average Bonchev–Trinajstić information content (AvgIpc) is 3.83. The normalized spacial score (nSPS) is 18.3. The molecule has 0 bridgehead atoms. The Morgan fingerprint density at radius 3 is 2.31 bits per heavy atom. The lowest BCUT2D eigenvalue weighted by Crippen LogP contribution is -2.56. The van der Waals surface area contributed by atoms with E-state index in [0.717, 1.165) is 60.5 Å². The van der Waals surface area contributed by atoms with Crippen LogP contribution in [0.3, 0.4) is 0 Å². The number of primary sulfonamides is 1. The third-order valence-corrected chi connectivity index (χ3v) is 12.7. The number of nitrogens with zero attached hydrogens (tertiary/aromatic N) is 5. The second-order valence-electron chi connectivity index (χ2n) is 16.5. The van der Waals surface area contributed by atoms with E-state index >= 15 is 0 Å². The Morgan fingerprint density at radius 1 is 1.02 bits per heavy atom. The SMILES string of the molecule is Cc1ncsc1-c1ccc(CNC(=O)[C@@H]2C[C@@H](O)CN2C(=O)[C@@H](NCCCOCCOCCN2CCN(CCNc3ccc(S(N)(=O)=O)cc3[N+](=O)[O-])CC2)C(C)(C)C)cc1. The van der Waals surface area contributed by atoms with E-state index in [2.05, 4.69) is 30.7 Å². The molecule has 0 saturated carbocycles. The number of likely N-dealkylation sites (tertiary alicyclic amines) is 1. The number of hydrogen-bond donors (Lipinski definition) is 5. The van der Waals surface area contributed by atoms with Crippen LogP contribution in [0, 0.1) is 22.5 Å². The fraction of sp³-hybridized carbons (Fsp3) is 0.585. The fourth-order valence-corrected chi connectivity index (χ4v) is 8.75. The maximum atomic E-state index is 13.9. The maximum absolute atomic E-state index is 13.9. The zero-order valence-corrected chi connectivity index (χ0v) is 37.1. The van der Waals surface area contributed by atoms with Gasteiger partial charge in [-0.3, -0.25) is 29.5 Å². The minimum absolute atomic E-state index is 0.104. The van der Waals surface area contributed by atoms with Crippen molar-refractivity contribution in [1.82, 2.24) is 30.3 Å². The van der Waals surface area contributed by atoms with Crippen LogP contribution in [-0.2, 0) is 35.6 Å². The molecule has 3 heterocycles. The molecule has 2 aliphatic heterocycles. The number of benzene rings is 2. The van der Waals surface area contributed by atoms with Gasteiger partial charge in [0.2, 0.25) is 21.8 Å². The van der Waals surface area contributed by atoms with Crippen LogP contribution in [-0.4, -0.2) is 153 Å². The van der Waals surface area contributed by atoms with E-state index < -0.39 is 38.5 Å². The van der Waals surface area contributed by atoms with E-state index in [-0.39, 0.29) is 41.1 Å². The Morgan fingerprint density at radius 2 is 1.69 bits per heavy atom. The molecule has 2 saturated heterocycles. The lowest BCUT2D eigenvalue weighted by atomic mass is 9.85. The Balaban J connectivity index is 0.928. The molecule has 336 valence electrons. The standard InChI is InChI=1S/C41H61N9O9S2/c1-29-37(60-28-46-29)31-8-6-30(7-9-31)26-45-39(52)36-24-32(51)27-49(36)40(53)38(41(2,3)4)44-12-5-20-58-22-23-59-21-19-48-17-15-47(16-18-48)14-13-43-34-11-10-33(61(42,56)57)25-35(34)50(54)55/h6-11,25,28,32,36,38,43-44,51H,5,12-24,26-27H2,1-4H3,(H,45,52)(H2,42,56,57)/t32-,36+,38-/m1/s1. The Kier molecular flexibility index (Phi) is 17.5. The van der Waals surface area contributed by atoms with Gasteiger partial charge in [-0.05, 0) is 48.6 Å². The number of nitro groups is 1. The summed E-state index contributed by atoms with van der Waals surface area (Å²) in [5.74, 6) is -0.491. The van der Waals surface area contributed by atoms with Gasteiger partial charge in [0, 0.05) is 78.0 Å². The molecule has 3 aromatic rings. The molecule has 3 atom stereocenters. The van der Waals surface area contributed by atoms with Crippen molar-refractivity contribution in [2.24, 2.45) is 10.6 Å². The number of ether oxygens (including phenoxy) is 2. The third kappa shape index (κ3) is 14.2. The quantitative estimate of drug-likeness (QED) is 0.0554. The maximum Gasteiger partial charge on any atom is 0.293 e. The number of aliphatic hydroxyl groups is 1.